The second-order valence-electron chi connectivity index (χ2n) is 6.04. The number of rotatable bonds is 4. The van der Waals surface area contributed by atoms with Crippen molar-refractivity contribution >= 4 is 5.96 Å². The molecule has 0 radical (unpaired) electrons. The Balaban J connectivity index is 1.51. The van der Waals surface area contributed by atoms with Crippen molar-refractivity contribution in [1.29, 1.82) is 0 Å². The molecular weight excluding hydrogens is 276 g/mol. The van der Waals surface area contributed by atoms with Crippen molar-refractivity contribution in [1.82, 2.24) is 10.2 Å². The fraction of sp³-hybridized carbons (Fsp3) is 0.588. The molecule has 22 heavy (non-hydrogen) atoms. The quantitative estimate of drug-likeness (QED) is 0.659. The maximum absolute atomic E-state index is 6.06. The number of nitrogens with two attached hydrogens (primary N) is 1. The van der Waals surface area contributed by atoms with Gasteiger partial charge in [-0.25, -0.2) is 0 Å². The standard InChI is InChI=1S/C17H26N4O/c18-17(19-9-12-21-10-4-1-5-11-21)20-15-8-13-22-16-7-3-2-6-14(15)16/h2-3,6-7,15H,1,4-5,8-13H2,(H3,18,19,20). The molecule has 2 aliphatic heterocycles. The SMILES string of the molecule is NC(=NCCN1CCCCC1)NC1CCOc2ccccc21. The number of piperidine rings is 1. The van der Waals surface area contributed by atoms with Crippen molar-refractivity contribution in [3.63, 3.8) is 0 Å². The van der Waals surface area contributed by atoms with Gasteiger partial charge in [0.2, 0.25) is 0 Å². The van der Waals surface area contributed by atoms with Gasteiger partial charge in [0.1, 0.15) is 5.75 Å². The molecule has 1 fully saturated rings. The Kier molecular flexibility index (Phi) is 5.16. The molecule has 3 N–H and O–H groups in total. The average Bonchev–Trinajstić information content (AvgIpc) is 2.56. The molecule has 1 saturated heterocycles. The highest BCUT2D eigenvalue weighted by molar-refractivity contribution is 5.78. The monoisotopic (exact) mass is 302 g/mol. The van der Waals surface area contributed by atoms with Crippen LogP contribution >= 0.6 is 0 Å². The van der Waals surface area contributed by atoms with Gasteiger partial charge < -0.3 is 20.7 Å². The van der Waals surface area contributed by atoms with Gasteiger partial charge in [-0.3, -0.25) is 4.99 Å². The lowest BCUT2D eigenvalue weighted by atomic mass is 10.0. The fourth-order valence-electron chi connectivity index (χ4n) is 3.21. The van der Waals surface area contributed by atoms with Gasteiger partial charge in [-0.05, 0) is 32.0 Å². The van der Waals surface area contributed by atoms with Gasteiger partial charge in [0, 0.05) is 18.5 Å². The Morgan fingerprint density at radius 1 is 1.27 bits per heavy atom. The van der Waals surface area contributed by atoms with Crippen molar-refractivity contribution in [2.45, 2.75) is 31.7 Å². The second-order valence-corrected chi connectivity index (χ2v) is 6.04. The van der Waals surface area contributed by atoms with Gasteiger partial charge in [-0.15, -0.1) is 0 Å². The molecule has 2 heterocycles. The summed E-state index contributed by atoms with van der Waals surface area (Å²) < 4.78 is 5.67. The topological polar surface area (TPSA) is 62.9 Å². The first-order chi connectivity index (χ1) is 10.8. The molecule has 5 heteroatoms. The van der Waals surface area contributed by atoms with Crippen molar-refractivity contribution < 1.29 is 4.74 Å². The van der Waals surface area contributed by atoms with Gasteiger partial charge >= 0.3 is 0 Å². The maximum atomic E-state index is 6.06. The van der Waals surface area contributed by atoms with Gasteiger partial charge in [0.05, 0.1) is 19.2 Å². The lowest BCUT2D eigenvalue weighted by Gasteiger charge is -2.27. The van der Waals surface area contributed by atoms with E-state index in [-0.39, 0.29) is 6.04 Å². The summed E-state index contributed by atoms with van der Waals surface area (Å²) >= 11 is 0. The average molecular weight is 302 g/mol. The number of nitrogens with one attached hydrogen (secondary N) is 1. The summed E-state index contributed by atoms with van der Waals surface area (Å²) in [6.45, 7) is 4.90. The molecule has 2 aliphatic rings. The molecule has 0 spiro atoms. The summed E-state index contributed by atoms with van der Waals surface area (Å²) in [5.41, 5.74) is 7.23. The van der Waals surface area contributed by atoms with Crippen LogP contribution < -0.4 is 15.8 Å². The molecule has 1 aromatic rings. The normalized spacial score (nSPS) is 22.7. The van der Waals surface area contributed by atoms with E-state index >= 15 is 0 Å². The Labute approximate surface area is 132 Å². The number of benzene rings is 1. The second kappa shape index (κ2) is 7.49. The highest BCUT2D eigenvalue weighted by Crippen LogP contribution is 2.31. The van der Waals surface area contributed by atoms with E-state index in [0.29, 0.717) is 5.96 Å². The zero-order chi connectivity index (χ0) is 15.2. The van der Waals surface area contributed by atoms with Gasteiger partial charge in [-0.2, -0.15) is 0 Å². The fourth-order valence-corrected chi connectivity index (χ4v) is 3.21. The summed E-state index contributed by atoms with van der Waals surface area (Å²) in [6.07, 6.45) is 4.92. The molecule has 0 saturated carbocycles. The van der Waals surface area contributed by atoms with Crippen LogP contribution in [-0.2, 0) is 0 Å². The minimum atomic E-state index is 0.198. The molecule has 3 rings (SSSR count). The highest BCUT2D eigenvalue weighted by atomic mass is 16.5. The van der Waals surface area contributed by atoms with Crippen LogP contribution in [0.1, 0.15) is 37.3 Å². The zero-order valence-corrected chi connectivity index (χ0v) is 13.1. The molecule has 1 unspecified atom stereocenters. The van der Waals surface area contributed by atoms with Crippen molar-refractivity contribution in [2.24, 2.45) is 10.7 Å². The van der Waals surface area contributed by atoms with Gasteiger partial charge in [-0.1, -0.05) is 24.6 Å². The molecule has 0 aliphatic carbocycles. The molecule has 0 bridgehead atoms. The van der Waals surface area contributed by atoms with E-state index < -0.39 is 0 Å². The smallest absolute Gasteiger partial charge is 0.189 e. The van der Waals surface area contributed by atoms with Crippen LogP contribution in [0.4, 0.5) is 0 Å². The first-order valence-electron chi connectivity index (χ1n) is 8.33. The molecule has 0 amide bonds. The third-order valence-corrected chi connectivity index (χ3v) is 4.43. The Hall–Kier alpha value is -1.75. The summed E-state index contributed by atoms with van der Waals surface area (Å²) in [6, 6.07) is 8.33. The van der Waals surface area contributed by atoms with Crippen LogP contribution in [0.3, 0.4) is 0 Å². The van der Waals surface area contributed by atoms with Crippen LogP contribution in [0.2, 0.25) is 0 Å². The molecule has 120 valence electrons. The third kappa shape index (κ3) is 3.91. The number of hydrogen-bond donors (Lipinski definition) is 2. The van der Waals surface area contributed by atoms with E-state index in [9.17, 15) is 0 Å². The highest BCUT2D eigenvalue weighted by Gasteiger charge is 2.21. The van der Waals surface area contributed by atoms with E-state index in [2.05, 4.69) is 21.3 Å². The minimum absolute atomic E-state index is 0.198. The number of guanidine groups is 1. The largest absolute Gasteiger partial charge is 0.493 e. The molecule has 1 atom stereocenters. The predicted molar refractivity (Wildman–Crippen MR) is 89.2 cm³/mol. The molecule has 5 nitrogen and oxygen atoms in total. The zero-order valence-electron chi connectivity index (χ0n) is 13.1. The molecular formula is C17H26N4O. The van der Waals surface area contributed by atoms with E-state index in [4.69, 9.17) is 10.5 Å². The summed E-state index contributed by atoms with van der Waals surface area (Å²) in [4.78, 5) is 6.96. The third-order valence-electron chi connectivity index (χ3n) is 4.43. The van der Waals surface area contributed by atoms with Crippen LogP contribution in [0.15, 0.2) is 29.3 Å². The van der Waals surface area contributed by atoms with E-state index in [0.717, 1.165) is 31.9 Å². The first-order valence-corrected chi connectivity index (χ1v) is 8.33. The van der Waals surface area contributed by atoms with Crippen LogP contribution in [0.5, 0.6) is 5.75 Å². The van der Waals surface area contributed by atoms with E-state index in [1.54, 1.807) is 0 Å². The number of ether oxygens (including phenoxy) is 1. The minimum Gasteiger partial charge on any atom is -0.493 e. The number of nitrogens with zero attached hydrogens (tertiary/aromatic N) is 2. The van der Waals surface area contributed by atoms with Crippen LogP contribution in [0, 0.1) is 0 Å². The van der Waals surface area contributed by atoms with Crippen LogP contribution in [0.25, 0.3) is 0 Å². The maximum Gasteiger partial charge on any atom is 0.189 e. The summed E-state index contributed by atoms with van der Waals surface area (Å²) in [5, 5.41) is 3.34. The number of para-hydroxylation sites is 1. The van der Waals surface area contributed by atoms with Crippen molar-refractivity contribution in [2.75, 3.05) is 32.8 Å². The summed E-state index contributed by atoms with van der Waals surface area (Å²) in [7, 11) is 0. The molecule has 0 aromatic heterocycles. The first kappa shape index (κ1) is 15.2. The van der Waals surface area contributed by atoms with Crippen LogP contribution in [-0.4, -0.2) is 43.6 Å². The van der Waals surface area contributed by atoms with Gasteiger partial charge in [0.25, 0.3) is 0 Å². The Bertz CT molecular complexity index is 511. The van der Waals surface area contributed by atoms with E-state index in [1.807, 2.05) is 18.2 Å². The Morgan fingerprint density at radius 2 is 2.09 bits per heavy atom. The lowest BCUT2D eigenvalue weighted by molar-refractivity contribution is 0.235. The predicted octanol–water partition coefficient (Wildman–Crippen LogP) is 1.90. The summed E-state index contributed by atoms with van der Waals surface area (Å²) in [5.74, 6) is 1.49. The number of fused-ring (bicyclic) bond motifs is 1. The number of aliphatic imine (C=N–C) groups is 1. The Morgan fingerprint density at radius 3 is 2.95 bits per heavy atom. The molecule has 1 aromatic carbocycles. The number of likely N-dealkylation sites (tertiary alicyclic amines) is 1. The number of hydrogen-bond acceptors (Lipinski definition) is 3. The van der Waals surface area contributed by atoms with E-state index in [1.165, 1.54) is 37.9 Å². The lowest BCUT2D eigenvalue weighted by Crippen LogP contribution is -2.38. The van der Waals surface area contributed by atoms with Gasteiger partial charge in [0.15, 0.2) is 5.96 Å². The van der Waals surface area contributed by atoms with Crippen molar-refractivity contribution in [3.05, 3.63) is 29.8 Å². The van der Waals surface area contributed by atoms with Crippen molar-refractivity contribution in [3.8, 4) is 5.75 Å².